The van der Waals surface area contributed by atoms with Crippen LogP contribution in [0.4, 0.5) is 5.82 Å². The third kappa shape index (κ3) is 1.83. The molecule has 4 rings (SSSR count). The van der Waals surface area contributed by atoms with E-state index in [2.05, 4.69) is 27.2 Å². The number of nitrogens with zero attached hydrogens (tertiary/aromatic N) is 5. The van der Waals surface area contributed by atoms with Gasteiger partial charge in [-0.05, 0) is 30.7 Å². The highest BCUT2D eigenvalue weighted by molar-refractivity contribution is 5.95. The van der Waals surface area contributed by atoms with E-state index in [9.17, 15) is 5.21 Å². The van der Waals surface area contributed by atoms with Gasteiger partial charge in [0.25, 0.3) is 0 Å². The molecule has 3 aromatic heterocycles. The van der Waals surface area contributed by atoms with Gasteiger partial charge in [-0.2, -0.15) is 10.2 Å². The maximum Gasteiger partial charge on any atom is 0.172 e. The maximum atomic E-state index is 9.49. The number of aromatic amines is 1. The number of anilines is 1. The van der Waals surface area contributed by atoms with Gasteiger partial charge in [0.2, 0.25) is 0 Å². The Balaban J connectivity index is 1.96. The number of rotatable bonds is 2. The Labute approximate surface area is 125 Å². The predicted octanol–water partition coefficient (Wildman–Crippen LogP) is 2.41. The molecule has 0 fully saturated rings. The van der Waals surface area contributed by atoms with Crippen LogP contribution in [0.5, 0.6) is 0 Å². The number of imidazole rings is 1. The zero-order valence-corrected chi connectivity index (χ0v) is 12.1. The molecule has 0 aliphatic heterocycles. The standard InChI is InChI=1S/C15H14N6O/c1-9-3-4-11-10(7-16-18-11)15(9)12-5-6-13-17-14(20(2)22)8-21(13)19-12/h3-8,22H,1-2H3,(H,16,18). The van der Waals surface area contributed by atoms with Gasteiger partial charge >= 0.3 is 0 Å². The Morgan fingerprint density at radius 1 is 1.23 bits per heavy atom. The van der Waals surface area contributed by atoms with Crippen molar-refractivity contribution >= 4 is 22.4 Å². The van der Waals surface area contributed by atoms with Crippen LogP contribution in [0, 0.1) is 6.92 Å². The van der Waals surface area contributed by atoms with Crippen molar-refractivity contribution in [1.82, 2.24) is 24.8 Å². The molecule has 110 valence electrons. The summed E-state index contributed by atoms with van der Waals surface area (Å²) in [6.07, 6.45) is 3.49. The van der Waals surface area contributed by atoms with Crippen molar-refractivity contribution in [1.29, 1.82) is 0 Å². The van der Waals surface area contributed by atoms with Crippen LogP contribution in [0.3, 0.4) is 0 Å². The Kier molecular flexibility index (Phi) is 2.64. The number of H-pyrrole nitrogens is 1. The summed E-state index contributed by atoms with van der Waals surface area (Å²) in [4.78, 5) is 4.28. The second-order valence-electron chi connectivity index (χ2n) is 5.23. The largest absolute Gasteiger partial charge is 0.287 e. The van der Waals surface area contributed by atoms with Crippen molar-refractivity contribution < 1.29 is 5.21 Å². The van der Waals surface area contributed by atoms with E-state index >= 15 is 0 Å². The van der Waals surface area contributed by atoms with Gasteiger partial charge in [-0.1, -0.05) is 6.07 Å². The number of hydroxylamine groups is 1. The van der Waals surface area contributed by atoms with Crippen LogP contribution >= 0.6 is 0 Å². The van der Waals surface area contributed by atoms with Gasteiger partial charge in [0.15, 0.2) is 11.5 Å². The number of hydrogen-bond acceptors (Lipinski definition) is 5. The highest BCUT2D eigenvalue weighted by Gasteiger charge is 2.12. The predicted molar refractivity (Wildman–Crippen MR) is 83.0 cm³/mol. The van der Waals surface area contributed by atoms with Crippen molar-refractivity contribution in [2.45, 2.75) is 6.92 Å². The lowest BCUT2D eigenvalue weighted by Crippen LogP contribution is -2.09. The molecule has 2 N–H and O–H groups in total. The van der Waals surface area contributed by atoms with Gasteiger partial charge < -0.3 is 0 Å². The quantitative estimate of drug-likeness (QED) is 0.555. The summed E-state index contributed by atoms with van der Waals surface area (Å²) >= 11 is 0. The summed E-state index contributed by atoms with van der Waals surface area (Å²) < 4.78 is 1.66. The first kappa shape index (κ1) is 12.8. The van der Waals surface area contributed by atoms with Gasteiger partial charge in [0.1, 0.15) is 0 Å². The fraction of sp³-hybridized carbons (Fsp3) is 0.133. The molecule has 4 aromatic rings. The van der Waals surface area contributed by atoms with Crippen LogP contribution in [-0.2, 0) is 0 Å². The lowest BCUT2D eigenvalue weighted by atomic mass is 10.0. The van der Waals surface area contributed by atoms with Crippen molar-refractivity contribution in [3.05, 3.63) is 42.2 Å². The third-order valence-electron chi connectivity index (χ3n) is 3.73. The van der Waals surface area contributed by atoms with Gasteiger partial charge in [0.05, 0.1) is 23.6 Å². The molecule has 7 nitrogen and oxygen atoms in total. The molecule has 0 saturated heterocycles. The van der Waals surface area contributed by atoms with Gasteiger partial charge in [-0.15, -0.1) is 0 Å². The number of aryl methyl sites for hydroxylation is 1. The number of hydrogen-bond donors (Lipinski definition) is 2. The zero-order chi connectivity index (χ0) is 15.3. The second-order valence-corrected chi connectivity index (χ2v) is 5.23. The van der Waals surface area contributed by atoms with Crippen molar-refractivity contribution in [3.8, 4) is 11.3 Å². The molecular formula is C15H14N6O. The van der Waals surface area contributed by atoms with Gasteiger partial charge in [-0.3, -0.25) is 10.3 Å². The van der Waals surface area contributed by atoms with E-state index in [1.54, 1.807) is 10.7 Å². The van der Waals surface area contributed by atoms with E-state index in [0.29, 0.717) is 11.5 Å². The van der Waals surface area contributed by atoms with Crippen LogP contribution < -0.4 is 5.06 Å². The molecule has 0 atom stereocenters. The second kappa shape index (κ2) is 4.54. The molecule has 0 amide bonds. The molecule has 3 heterocycles. The molecule has 0 bridgehead atoms. The molecule has 0 unspecified atom stereocenters. The zero-order valence-electron chi connectivity index (χ0n) is 12.1. The third-order valence-corrected chi connectivity index (χ3v) is 3.73. The van der Waals surface area contributed by atoms with Crippen molar-refractivity contribution in [2.75, 3.05) is 12.1 Å². The van der Waals surface area contributed by atoms with Crippen molar-refractivity contribution in [3.63, 3.8) is 0 Å². The summed E-state index contributed by atoms with van der Waals surface area (Å²) in [7, 11) is 1.53. The Bertz CT molecular complexity index is 984. The first-order valence-electron chi connectivity index (χ1n) is 6.85. The van der Waals surface area contributed by atoms with E-state index in [4.69, 9.17) is 0 Å². The molecule has 0 spiro atoms. The molecule has 7 heteroatoms. The summed E-state index contributed by atoms with van der Waals surface area (Å²) in [5.74, 6) is 0.447. The average molecular weight is 294 g/mol. The number of aromatic nitrogens is 5. The minimum Gasteiger partial charge on any atom is -0.287 e. The van der Waals surface area contributed by atoms with E-state index in [1.165, 1.54) is 7.05 Å². The van der Waals surface area contributed by atoms with E-state index in [0.717, 1.165) is 32.8 Å². The van der Waals surface area contributed by atoms with Crippen LogP contribution in [0.15, 0.2) is 36.7 Å². The van der Waals surface area contributed by atoms with Crippen LogP contribution in [0.1, 0.15) is 5.56 Å². The summed E-state index contributed by atoms with van der Waals surface area (Å²) in [6.45, 7) is 2.05. The Morgan fingerprint density at radius 3 is 2.91 bits per heavy atom. The molecule has 0 saturated carbocycles. The Hall–Kier alpha value is -2.93. The van der Waals surface area contributed by atoms with Crippen LogP contribution in [0.25, 0.3) is 27.8 Å². The number of benzene rings is 1. The summed E-state index contributed by atoms with van der Waals surface area (Å²) in [5, 5.41) is 23.2. The molecule has 22 heavy (non-hydrogen) atoms. The highest BCUT2D eigenvalue weighted by atomic mass is 16.5. The summed E-state index contributed by atoms with van der Waals surface area (Å²) in [6, 6.07) is 7.87. The SMILES string of the molecule is Cc1ccc2[nH]ncc2c1-c1ccc2nc(N(C)O)cn2n1. The lowest BCUT2D eigenvalue weighted by Gasteiger charge is -2.07. The normalized spacial score (nSPS) is 11.4. The molecular weight excluding hydrogens is 280 g/mol. The highest BCUT2D eigenvalue weighted by Crippen LogP contribution is 2.29. The van der Waals surface area contributed by atoms with Gasteiger partial charge in [0, 0.05) is 18.0 Å². The maximum absolute atomic E-state index is 9.49. The number of nitrogens with one attached hydrogen (secondary N) is 1. The van der Waals surface area contributed by atoms with E-state index < -0.39 is 0 Å². The molecule has 0 aliphatic carbocycles. The fourth-order valence-electron chi connectivity index (χ4n) is 2.63. The Morgan fingerprint density at radius 2 is 2.09 bits per heavy atom. The molecule has 0 aliphatic rings. The van der Waals surface area contributed by atoms with E-state index in [-0.39, 0.29) is 0 Å². The van der Waals surface area contributed by atoms with Gasteiger partial charge in [-0.25, -0.2) is 14.6 Å². The first-order valence-corrected chi connectivity index (χ1v) is 6.85. The minimum absolute atomic E-state index is 0.447. The van der Waals surface area contributed by atoms with E-state index in [1.807, 2.05) is 30.5 Å². The van der Waals surface area contributed by atoms with Crippen LogP contribution in [-0.4, -0.2) is 37.1 Å². The molecule has 1 aromatic carbocycles. The smallest absolute Gasteiger partial charge is 0.172 e. The lowest BCUT2D eigenvalue weighted by molar-refractivity contribution is 0.276. The monoisotopic (exact) mass is 294 g/mol. The average Bonchev–Trinajstić information content (AvgIpc) is 3.12. The van der Waals surface area contributed by atoms with Crippen LogP contribution in [0.2, 0.25) is 0 Å². The molecule has 0 radical (unpaired) electrons. The minimum atomic E-state index is 0.447. The first-order chi connectivity index (χ1) is 10.6. The topological polar surface area (TPSA) is 82.3 Å². The number of fused-ring (bicyclic) bond motifs is 2. The fourth-order valence-corrected chi connectivity index (χ4v) is 2.63. The summed E-state index contributed by atoms with van der Waals surface area (Å²) in [5.41, 5.74) is 4.66. The van der Waals surface area contributed by atoms with Crippen molar-refractivity contribution in [2.24, 2.45) is 0 Å².